The van der Waals surface area contributed by atoms with Gasteiger partial charge in [0.1, 0.15) is 0 Å². The van der Waals surface area contributed by atoms with E-state index in [2.05, 4.69) is 20.2 Å². The molecular weight excluding hydrogens is 671 g/mol. The van der Waals surface area contributed by atoms with E-state index in [9.17, 15) is 13.5 Å². The van der Waals surface area contributed by atoms with E-state index in [0.717, 1.165) is 39.1 Å². The number of rotatable bonds is 12. The molecule has 0 amide bonds. The Morgan fingerprint density at radius 2 is 1.50 bits per heavy atom. The fourth-order valence-electron chi connectivity index (χ4n) is 5.75. The number of sulfonamides is 1. The number of hydrogen-bond acceptors (Lipinski definition) is 9. The molecule has 1 saturated heterocycles. The maximum absolute atomic E-state index is 12.7. The Labute approximate surface area is 295 Å². The molecule has 1 aromatic heterocycles. The first-order chi connectivity index (χ1) is 24.4. The van der Waals surface area contributed by atoms with Gasteiger partial charge in [-0.25, -0.2) is 13.1 Å². The van der Waals surface area contributed by atoms with Crippen molar-refractivity contribution in [3.63, 3.8) is 0 Å². The zero-order chi connectivity index (χ0) is 34.3. The number of para-hydroxylation sites is 1. The molecule has 1 aliphatic heterocycles. The predicted molar refractivity (Wildman–Crippen MR) is 191 cm³/mol. The molecule has 10 nitrogen and oxygen atoms in total. The normalized spacial score (nSPS) is 17.8. The van der Waals surface area contributed by atoms with Crippen LogP contribution in [0.5, 0.6) is 0 Å². The summed E-state index contributed by atoms with van der Waals surface area (Å²) in [6.07, 6.45) is -0.380. The quantitative estimate of drug-likeness (QED) is 0.135. The molecule has 1 fully saturated rings. The van der Waals surface area contributed by atoms with Crippen LogP contribution in [0.15, 0.2) is 144 Å². The number of aliphatic hydroxyl groups is 1. The van der Waals surface area contributed by atoms with Gasteiger partial charge >= 0.3 is 0 Å². The molecule has 2 N–H and O–H groups in total. The van der Waals surface area contributed by atoms with E-state index in [4.69, 9.17) is 9.47 Å². The van der Waals surface area contributed by atoms with Crippen LogP contribution in [0.4, 0.5) is 0 Å². The van der Waals surface area contributed by atoms with Crippen molar-refractivity contribution in [2.45, 2.75) is 48.1 Å². The molecule has 0 aliphatic carbocycles. The SMILES string of the molecule is O=S(=O)(NCc1cccc(-c2ccc([C@H]3O[C@@H](CSc4nnnn4-c4ccccc4)C[C@@H](c4ccc(CO)cc4)O3)cc2)c1)c1ccccc1. The summed E-state index contributed by atoms with van der Waals surface area (Å²) in [7, 11) is -3.62. The maximum atomic E-state index is 12.7. The molecule has 0 spiro atoms. The van der Waals surface area contributed by atoms with Crippen LogP contribution in [0.3, 0.4) is 0 Å². The van der Waals surface area contributed by atoms with Crippen LogP contribution in [0.1, 0.15) is 41.1 Å². The lowest BCUT2D eigenvalue weighted by molar-refractivity contribution is -0.245. The Bertz CT molecular complexity index is 2110. The monoisotopic (exact) mass is 705 g/mol. The van der Waals surface area contributed by atoms with Crippen LogP contribution < -0.4 is 4.72 Å². The van der Waals surface area contributed by atoms with Crippen molar-refractivity contribution in [3.8, 4) is 16.8 Å². The van der Waals surface area contributed by atoms with Crippen molar-refractivity contribution >= 4 is 21.8 Å². The van der Waals surface area contributed by atoms with Gasteiger partial charge in [0, 0.05) is 24.3 Å². The lowest BCUT2D eigenvalue weighted by Crippen LogP contribution is -2.31. The second-order valence-electron chi connectivity index (χ2n) is 11.8. The van der Waals surface area contributed by atoms with E-state index in [1.165, 1.54) is 11.8 Å². The van der Waals surface area contributed by atoms with Crippen LogP contribution in [-0.2, 0) is 32.6 Å². The van der Waals surface area contributed by atoms with E-state index in [0.29, 0.717) is 17.3 Å². The van der Waals surface area contributed by atoms with Crippen molar-refractivity contribution in [2.75, 3.05) is 5.75 Å². The number of hydrogen-bond donors (Lipinski definition) is 2. The van der Waals surface area contributed by atoms with E-state index in [1.54, 1.807) is 35.0 Å². The smallest absolute Gasteiger partial charge is 0.240 e. The third-order valence-electron chi connectivity index (χ3n) is 8.42. The van der Waals surface area contributed by atoms with Crippen LogP contribution >= 0.6 is 11.8 Å². The van der Waals surface area contributed by atoms with Gasteiger partial charge in [-0.1, -0.05) is 115 Å². The van der Waals surface area contributed by atoms with Gasteiger partial charge < -0.3 is 14.6 Å². The summed E-state index contributed by atoms with van der Waals surface area (Å²) in [5.74, 6) is 0.608. The molecule has 0 saturated carbocycles. The molecule has 6 aromatic rings. The second-order valence-corrected chi connectivity index (χ2v) is 14.6. The Kier molecular flexibility index (Phi) is 10.5. The third kappa shape index (κ3) is 8.02. The molecule has 0 radical (unpaired) electrons. The summed E-state index contributed by atoms with van der Waals surface area (Å²) >= 11 is 1.53. The number of nitrogens with one attached hydrogen (secondary N) is 1. The number of aliphatic hydroxyl groups excluding tert-OH is 1. The largest absolute Gasteiger partial charge is 0.392 e. The first-order valence-electron chi connectivity index (χ1n) is 16.2. The third-order valence-corrected chi connectivity index (χ3v) is 10.9. The highest BCUT2D eigenvalue weighted by molar-refractivity contribution is 7.99. The molecule has 0 unspecified atom stereocenters. The van der Waals surface area contributed by atoms with Crippen LogP contribution in [0, 0.1) is 0 Å². The van der Waals surface area contributed by atoms with Crippen molar-refractivity contribution < 1.29 is 23.0 Å². The van der Waals surface area contributed by atoms with Gasteiger partial charge in [-0.05, 0) is 68.6 Å². The van der Waals surface area contributed by atoms with E-state index >= 15 is 0 Å². The molecule has 2 heterocycles. The van der Waals surface area contributed by atoms with Gasteiger partial charge in [0.05, 0.1) is 29.4 Å². The average molecular weight is 706 g/mol. The highest BCUT2D eigenvalue weighted by Gasteiger charge is 2.32. The molecule has 3 atom stereocenters. The Balaban J connectivity index is 1.07. The van der Waals surface area contributed by atoms with Crippen molar-refractivity contribution in [1.29, 1.82) is 0 Å². The molecule has 0 bridgehead atoms. The summed E-state index contributed by atoms with van der Waals surface area (Å²) in [6.45, 7) is 0.149. The van der Waals surface area contributed by atoms with Gasteiger partial charge in [-0.2, -0.15) is 4.68 Å². The lowest BCUT2D eigenvalue weighted by Gasteiger charge is -2.36. The number of ether oxygens (including phenoxy) is 2. The standard InChI is InChI=1S/C38H35N5O5S2/c44-25-27-14-16-30(17-15-27)36-23-34(26-49-38-40-41-42-43(38)33-10-3-1-4-11-33)47-37(48-36)31-20-18-29(19-21-31)32-9-7-8-28(22-32)24-39-50(45,46)35-12-5-2-6-13-35/h1-22,34,36-37,39,44H,23-26H2/t34-,36+,37+/m1/s1. The van der Waals surface area contributed by atoms with Crippen molar-refractivity contribution in [3.05, 3.63) is 156 Å². The van der Waals surface area contributed by atoms with Crippen LogP contribution in [0.25, 0.3) is 16.8 Å². The molecule has 50 heavy (non-hydrogen) atoms. The van der Waals surface area contributed by atoms with Crippen molar-refractivity contribution in [1.82, 2.24) is 24.9 Å². The Morgan fingerprint density at radius 1 is 0.780 bits per heavy atom. The van der Waals surface area contributed by atoms with Crippen LogP contribution in [0.2, 0.25) is 0 Å². The highest BCUT2D eigenvalue weighted by atomic mass is 32.2. The highest BCUT2D eigenvalue weighted by Crippen LogP contribution is 2.40. The predicted octanol–water partition coefficient (Wildman–Crippen LogP) is 6.64. The van der Waals surface area contributed by atoms with E-state index in [-0.39, 0.29) is 30.3 Å². The van der Waals surface area contributed by atoms with Crippen LogP contribution in [-0.4, -0.2) is 45.6 Å². The maximum Gasteiger partial charge on any atom is 0.240 e. The first kappa shape index (κ1) is 33.8. The molecule has 5 aromatic carbocycles. The van der Waals surface area contributed by atoms with Gasteiger partial charge in [0.15, 0.2) is 6.29 Å². The average Bonchev–Trinajstić information content (AvgIpc) is 3.66. The summed E-state index contributed by atoms with van der Waals surface area (Å²) in [5, 5.41) is 22.6. The minimum absolute atomic E-state index is 0.0223. The molecule has 254 valence electrons. The molecule has 12 heteroatoms. The van der Waals surface area contributed by atoms with Gasteiger partial charge in [0.25, 0.3) is 0 Å². The van der Waals surface area contributed by atoms with Gasteiger partial charge in [-0.3, -0.25) is 0 Å². The number of benzene rings is 5. The zero-order valence-electron chi connectivity index (χ0n) is 26.9. The molecule has 7 rings (SSSR count). The van der Waals surface area contributed by atoms with Gasteiger partial charge in [-0.15, -0.1) is 5.10 Å². The minimum atomic E-state index is -3.62. The fourth-order valence-corrected chi connectivity index (χ4v) is 7.69. The van der Waals surface area contributed by atoms with E-state index < -0.39 is 16.3 Å². The van der Waals surface area contributed by atoms with Crippen molar-refractivity contribution in [2.24, 2.45) is 0 Å². The summed E-state index contributed by atoms with van der Waals surface area (Å²) in [6, 6.07) is 41.8. The zero-order valence-corrected chi connectivity index (χ0v) is 28.6. The summed E-state index contributed by atoms with van der Waals surface area (Å²) in [5.41, 5.74) is 6.40. The topological polar surface area (TPSA) is 128 Å². The minimum Gasteiger partial charge on any atom is -0.392 e. The molecule has 1 aliphatic rings. The van der Waals surface area contributed by atoms with Gasteiger partial charge in [0.2, 0.25) is 15.2 Å². The first-order valence-corrected chi connectivity index (χ1v) is 18.6. The Morgan fingerprint density at radius 3 is 2.24 bits per heavy atom. The number of tetrazole rings is 1. The summed E-state index contributed by atoms with van der Waals surface area (Å²) < 4.78 is 43.0. The molecular formula is C38H35N5O5S2. The fraction of sp³-hybridized carbons (Fsp3) is 0.184. The summed E-state index contributed by atoms with van der Waals surface area (Å²) in [4.78, 5) is 0.233. The Hall–Kier alpha value is -4.69. The number of nitrogens with zero attached hydrogens (tertiary/aromatic N) is 4. The number of thioether (sulfide) groups is 1. The lowest BCUT2D eigenvalue weighted by atomic mass is 9.99. The second kappa shape index (κ2) is 15.5. The number of aromatic nitrogens is 4. The van der Waals surface area contributed by atoms with E-state index in [1.807, 2.05) is 103 Å².